The molecule has 0 aromatic heterocycles. The molecular weight excluding hydrogens is 332 g/mol. The third-order valence-corrected chi connectivity index (χ3v) is 5.11. The van der Waals surface area contributed by atoms with Gasteiger partial charge in [0.1, 0.15) is 0 Å². The van der Waals surface area contributed by atoms with Gasteiger partial charge >= 0.3 is 0 Å². The second-order valence-electron chi connectivity index (χ2n) is 5.86. The standard InChI is InChI=1S/C17H24N2O2S.ClH/c1-13(18)14-7-9-19(10-8-14)17(21)12-22-11-16(20)15-5-3-2-4-6-15;/h2-6,13-14H,7-12,18H2,1H3;1H. The van der Waals surface area contributed by atoms with Crippen molar-refractivity contribution in [3.8, 4) is 0 Å². The van der Waals surface area contributed by atoms with Gasteiger partial charge in [-0.15, -0.1) is 24.2 Å². The van der Waals surface area contributed by atoms with Crippen molar-refractivity contribution in [1.82, 2.24) is 4.90 Å². The molecule has 1 amide bonds. The number of hydrogen-bond acceptors (Lipinski definition) is 4. The average Bonchev–Trinajstić information content (AvgIpc) is 2.55. The molecule has 1 fully saturated rings. The Bertz CT molecular complexity index is 503. The third kappa shape index (κ3) is 6.16. The summed E-state index contributed by atoms with van der Waals surface area (Å²) in [6.07, 6.45) is 1.97. The minimum absolute atomic E-state index is 0. The Labute approximate surface area is 148 Å². The molecule has 0 aliphatic carbocycles. The zero-order chi connectivity index (χ0) is 15.9. The van der Waals surface area contributed by atoms with Crippen LogP contribution >= 0.6 is 24.2 Å². The van der Waals surface area contributed by atoms with Crippen molar-refractivity contribution < 1.29 is 9.59 Å². The smallest absolute Gasteiger partial charge is 0.232 e. The molecule has 0 bridgehead atoms. The lowest BCUT2D eigenvalue weighted by Crippen LogP contribution is -2.43. The lowest BCUT2D eigenvalue weighted by Gasteiger charge is -2.33. The normalized spacial score (nSPS) is 16.5. The maximum Gasteiger partial charge on any atom is 0.232 e. The second-order valence-corrected chi connectivity index (χ2v) is 6.84. The van der Waals surface area contributed by atoms with Crippen molar-refractivity contribution in [1.29, 1.82) is 0 Å². The molecule has 128 valence electrons. The van der Waals surface area contributed by atoms with Crippen LogP contribution in [0.2, 0.25) is 0 Å². The van der Waals surface area contributed by atoms with E-state index < -0.39 is 0 Å². The number of hydrogen-bond donors (Lipinski definition) is 1. The lowest BCUT2D eigenvalue weighted by molar-refractivity contribution is -0.129. The van der Waals surface area contributed by atoms with E-state index in [-0.39, 0.29) is 30.1 Å². The quantitative estimate of drug-likeness (QED) is 0.796. The first-order chi connectivity index (χ1) is 10.6. The number of nitrogens with two attached hydrogens (primary N) is 1. The van der Waals surface area contributed by atoms with Crippen LogP contribution in [-0.2, 0) is 4.79 Å². The molecule has 1 aliphatic rings. The van der Waals surface area contributed by atoms with E-state index in [0.29, 0.717) is 23.0 Å². The molecule has 1 aliphatic heterocycles. The molecule has 23 heavy (non-hydrogen) atoms. The van der Waals surface area contributed by atoms with Gasteiger partial charge in [-0.1, -0.05) is 30.3 Å². The summed E-state index contributed by atoms with van der Waals surface area (Å²) in [4.78, 5) is 26.0. The van der Waals surface area contributed by atoms with Crippen LogP contribution in [0.1, 0.15) is 30.1 Å². The lowest BCUT2D eigenvalue weighted by atomic mass is 9.91. The van der Waals surface area contributed by atoms with E-state index in [4.69, 9.17) is 5.73 Å². The van der Waals surface area contributed by atoms with Crippen LogP contribution in [-0.4, -0.2) is 47.2 Å². The van der Waals surface area contributed by atoms with E-state index in [9.17, 15) is 9.59 Å². The molecule has 1 aromatic rings. The first-order valence-electron chi connectivity index (χ1n) is 7.77. The van der Waals surface area contributed by atoms with Gasteiger partial charge in [0.2, 0.25) is 5.91 Å². The highest BCUT2D eigenvalue weighted by Gasteiger charge is 2.24. The van der Waals surface area contributed by atoms with Gasteiger partial charge in [-0.05, 0) is 25.7 Å². The molecule has 1 saturated heterocycles. The van der Waals surface area contributed by atoms with Crippen molar-refractivity contribution in [2.45, 2.75) is 25.8 Å². The van der Waals surface area contributed by atoms with Crippen molar-refractivity contribution in [3.05, 3.63) is 35.9 Å². The van der Waals surface area contributed by atoms with E-state index in [0.717, 1.165) is 25.9 Å². The Morgan fingerprint density at radius 2 is 1.83 bits per heavy atom. The van der Waals surface area contributed by atoms with Gasteiger partial charge in [0, 0.05) is 24.7 Å². The van der Waals surface area contributed by atoms with Gasteiger partial charge < -0.3 is 10.6 Å². The van der Waals surface area contributed by atoms with E-state index in [1.54, 1.807) is 0 Å². The largest absolute Gasteiger partial charge is 0.342 e. The number of amides is 1. The van der Waals surface area contributed by atoms with E-state index in [1.807, 2.05) is 42.2 Å². The number of carbonyl (C=O) groups excluding carboxylic acids is 2. The zero-order valence-electron chi connectivity index (χ0n) is 13.4. The zero-order valence-corrected chi connectivity index (χ0v) is 15.1. The Balaban J connectivity index is 0.00000264. The van der Waals surface area contributed by atoms with E-state index in [2.05, 4.69) is 0 Å². The van der Waals surface area contributed by atoms with Crippen LogP contribution in [0.4, 0.5) is 0 Å². The van der Waals surface area contributed by atoms with Crippen LogP contribution in [0, 0.1) is 5.92 Å². The van der Waals surface area contributed by atoms with Gasteiger partial charge in [0.05, 0.1) is 11.5 Å². The van der Waals surface area contributed by atoms with Gasteiger partial charge in [0.25, 0.3) is 0 Å². The number of Topliss-reactive ketones (excluding diaryl/α,β-unsaturated/α-hetero) is 1. The summed E-state index contributed by atoms with van der Waals surface area (Å²) < 4.78 is 0. The van der Waals surface area contributed by atoms with Gasteiger partial charge in [-0.25, -0.2) is 0 Å². The summed E-state index contributed by atoms with van der Waals surface area (Å²) in [7, 11) is 0. The Kier molecular flexibility index (Phi) is 8.66. The fraction of sp³-hybridized carbons (Fsp3) is 0.529. The van der Waals surface area contributed by atoms with Gasteiger partial charge in [-0.3, -0.25) is 9.59 Å². The maximum absolute atomic E-state index is 12.2. The van der Waals surface area contributed by atoms with Crippen LogP contribution in [0.25, 0.3) is 0 Å². The Hall–Kier alpha value is -1.04. The highest BCUT2D eigenvalue weighted by atomic mass is 35.5. The fourth-order valence-corrected chi connectivity index (χ4v) is 3.52. The van der Waals surface area contributed by atoms with Crippen LogP contribution < -0.4 is 5.73 Å². The molecule has 6 heteroatoms. The number of halogens is 1. The molecule has 0 radical (unpaired) electrons. The molecule has 2 rings (SSSR count). The van der Waals surface area contributed by atoms with Crippen molar-refractivity contribution in [2.24, 2.45) is 11.7 Å². The highest BCUT2D eigenvalue weighted by Crippen LogP contribution is 2.20. The predicted molar refractivity (Wildman–Crippen MR) is 98.3 cm³/mol. The second kappa shape index (κ2) is 9.96. The molecule has 2 N–H and O–H groups in total. The number of ketones is 1. The number of thioether (sulfide) groups is 1. The molecule has 4 nitrogen and oxygen atoms in total. The summed E-state index contributed by atoms with van der Waals surface area (Å²) in [5.41, 5.74) is 6.62. The maximum atomic E-state index is 12.2. The molecule has 1 heterocycles. The van der Waals surface area contributed by atoms with Crippen LogP contribution in [0.5, 0.6) is 0 Å². The first-order valence-corrected chi connectivity index (χ1v) is 8.92. The molecule has 1 atom stereocenters. The monoisotopic (exact) mass is 356 g/mol. The van der Waals surface area contributed by atoms with Crippen molar-refractivity contribution in [3.63, 3.8) is 0 Å². The van der Waals surface area contributed by atoms with E-state index in [1.165, 1.54) is 11.8 Å². The predicted octanol–water partition coefficient (Wildman–Crippen LogP) is 2.61. The summed E-state index contributed by atoms with van der Waals surface area (Å²) >= 11 is 1.40. The number of benzene rings is 1. The molecule has 0 spiro atoms. The van der Waals surface area contributed by atoms with Crippen molar-refractivity contribution in [2.75, 3.05) is 24.6 Å². The topological polar surface area (TPSA) is 63.4 Å². The Morgan fingerprint density at radius 1 is 1.22 bits per heavy atom. The number of rotatable bonds is 6. The van der Waals surface area contributed by atoms with Gasteiger partial charge in [-0.2, -0.15) is 0 Å². The summed E-state index contributed by atoms with van der Waals surface area (Å²) in [6, 6.07) is 9.42. The van der Waals surface area contributed by atoms with Crippen molar-refractivity contribution >= 4 is 35.9 Å². The fourth-order valence-electron chi connectivity index (χ4n) is 2.70. The number of likely N-dealkylation sites (tertiary alicyclic amines) is 1. The van der Waals surface area contributed by atoms with Crippen LogP contribution in [0.3, 0.4) is 0 Å². The molecule has 1 unspecified atom stereocenters. The molecule has 0 saturated carbocycles. The highest BCUT2D eigenvalue weighted by molar-refractivity contribution is 8.00. The minimum atomic E-state index is 0. The number of nitrogens with zero attached hydrogens (tertiary/aromatic N) is 1. The minimum Gasteiger partial charge on any atom is -0.342 e. The number of piperidine rings is 1. The average molecular weight is 357 g/mol. The SMILES string of the molecule is CC(N)C1CCN(C(=O)CSCC(=O)c2ccccc2)CC1.Cl. The van der Waals surface area contributed by atoms with Gasteiger partial charge in [0.15, 0.2) is 5.78 Å². The summed E-state index contributed by atoms with van der Waals surface area (Å²) in [5.74, 6) is 1.47. The summed E-state index contributed by atoms with van der Waals surface area (Å²) in [6.45, 7) is 3.61. The van der Waals surface area contributed by atoms with Crippen LogP contribution in [0.15, 0.2) is 30.3 Å². The Morgan fingerprint density at radius 3 is 2.39 bits per heavy atom. The molecule has 1 aromatic carbocycles. The molecular formula is C17H25ClN2O2S. The van der Waals surface area contributed by atoms with E-state index >= 15 is 0 Å². The third-order valence-electron chi connectivity index (χ3n) is 4.19. The summed E-state index contributed by atoms with van der Waals surface area (Å²) in [5, 5.41) is 0. The number of carbonyl (C=O) groups is 2. The first kappa shape index (κ1) is 20.0.